The lowest BCUT2D eigenvalue weighted by molar-refractivity contribution is 0.0642. The molecular weight excluding hydrogens is 252 g/mol. The van der Waals surface area contributed by atoms with E-state index in [1.165, 1.54) is 5.56 Å². The first-order valence-electron chi connectivity index (χ1n) is 7.60. The summed E-state index contributed by atoms with van der Waals surface area (Å²) in [6, 6.07) is 1.99. The lowest BCUT2D eigenvalue weighted by Gasteiger charge is -2.18. The second-order valence-corrected chi connectivity index (χ2v) is 5.85. The number of fused-ring (bicyclic) bond motifs is 1. The van der Waals surface area contributed by atoms with E-state index in [1.54, 1.807) is 0 Å². The maximum Gasteiger partial charge on any atom is 0.191 e. The van der Waals surface area contributed by atoms with Crippen LogP contribution in [0.15, 0.2) is 6.07 Å². The third kappa shape index (κ3) is 2.35. The van der Waals surface area contributed by atoms with Gasteiger partial charge in [-0.2, -0.15) is 0 Å². The number of carbonyl (C=O) groups is 1. The molecule has 1 saturated heterocycles. The van der Waals surface area contributed by atoms with E-state index in [4.69, 9.17) is 9.47 Å². The molecule has 0 amide bonds. The molecule has 0 aromatic heterocycles. The minimum Gasteiger partial charge on any atom is -0.493 e. The predicted molar refractivity (Wildman–Crippen MR) is 77.7 cm³/mol. The molecule has 2 aliphatic heterocycles. The van der Waals surface area contributed by atoms with Gasteiger partial charge >= 0.3 is 0 Å². The van der Waals surface area contributed by atoms with Crippen LogP contribution in [0.25, 0.3) is 0 Å². The van der Waals surface area contributed by atoms with E-state index in [9.17, 15) is 4.79 Å². The Bertz CT molecular complexity index is 528. The smallest absolute Gasteiger partial charge is 0.191 e. The highest BCUT2D eigenvalue weighted by molar-refractivity contribution is 6.01. The fourth-order valence-corrected chi connectivity index (χ4v) is 3.26. The van der Waals surface area contributed by atoms with Gasteiger partial charge in [0.2, 0.25) is 0 Å². The topological polar surface area (TPSA) is 35.5 Å². The summed E-state index contributed by atoms with van der Waals surface area (Å²) >= 11 is 0. The van der Waals surface area contributed by atoms with Crippen LogP contribution in [0.5, 0.6) is 5.75 Å². The number of ether oxygens (including phenoxy) is 2. The zero-order valence-corrected chi connectivity index (χ0v) is 12.3. The summed E-state index contributed by atoms with van der Waals surface area (Å²) < 4.78 is 11.4. The Kier molecular flexibility index (Phi) is 3.79. The molecule has 1 unspecified atom stereocenters. The summed E-state index contributed by atoms with van der Waals surface area (Å²) in [5.74, 6) is 1.15. The molecule has 1 fully saturated rings. The number of hydrogen-bond acceptors (Lipinski definition) is 3. The molecule has 0 bridgehead atoms. The van der Waals surface area contributed by atoms with E-state index in [1.807, 2.05) is 13.0 Å². The van der Waals surface area contributed by atoms with Crippen molar-refractivity contribution in [2.24, 2.45) is 0 Å². The standard InChI is InChI=1S/C17H22O3/c1-11-10-14(16(18)15-7-5-9-19-15)12(2)13-6-3-4-8-20-17(11)13/h10,15H,3-9H2,1-2H3. The second kappa shape index (κ2) is 5.57. The highest BCUT2D eigenvalue weighted by Gasteiger charge is 2.28. The molecule has 0 aliphatic carbocycles. The first-order chi connectivity index (χ1) is 9.68. The van der Waals surface area contributed by atoms with Gasteiger partial charge in [-0.15, -0.1) is 0 Å². The monoisotopic (exact) mass is 274 g/mol. The number of benzene rings is 1. The fraction of sp³-hybridized carbons (Fsp3) is 0.588. The quantitative estimate of drug-likeness (QED) is 0.776. The van der Waals surface area contributed by atoms with Crippen molar-refractivity contribution in [3.8, 4) is 5.75 Å². The number of hydrogen-bond donors (Lipinski definition) is 0. The minimum absolute atomic E-state index is 0.148. The Hall–Kier alpha value is -1.35. The molecule has 2 heterocycles. The number of rotatable bonds is 2. The maximum absolute atomic E-state index is 12.6. The Labute approximate surface area is 120 Å². The second-order valence-electron chi connectivity index (χ2n) is 5.85. The number of Topliss-reactive ketones (excluding diaryl/α,β-unsaturated/α-hetero) is 1. The van der Waals surface area contributed by atoms with Crippen molar-refractivity contribution in [1.82, 2.24) is 0 Å². The van der Waals surface area contributed by atoms with Crippen molar-refractivity contribution in [2.45, 2.75) is 52.1 Å². The van der Waals surface area contributed by atoms with Crippen LogP contribution in [0.4, 0.5) is 0 Å². The minimum atomic E-state index is -0.238. The molecule has 0 radical (unpaired) electrons. The first kappa shape index (κ1) is 13.6. The third-order valence-corrected chi connectivity index (χ3v) is 4.40. The molecule has 108 valence electrons. The van der Waals surface area contributed by atoms with Gasteiger partial charge in [0.15, 0.2) is 5.78 Å². The molecule has 0 spiro atoms. The van der Waals surface area contributed by atoms with E-state index in [0.29, 0.717) is 6.61 Å². The van der Waals surface area contributed by atoms with E-state index < -0.39 is 0 Å². The van der Waals surface area contributed by atoms with Gasteiger partial charge in [-0.3, -0.25) is 4.79 Å². The largest absolute Gasteiger partial charge is 0.493 e. The fourth-order valence-electron chi connectivity index (χ4n) is 3.26. The van der Waals surface area contributed by atoms with Gasteiger partial charge in [-0.25, -0.2) is 0 Å². The van der Waals surface area contributed by atoms with Crippen LogP contribution < -0.4 is 4.74 Å². The molecule has 3 nitrogen and oxygen atoms in total. The van der Waals surface area contributed by atoms with Crippen LogP contribution >= 0.6 is 0 Å². The van der Waals surface area contributed by atoms with Gasteiger partial charge in [0.05, 0.1) is 6.61 Å². The normalized spacial score (nSPS) is 22.0. The summed E-state index contributed by atoms with van der Waals surface area (Å²) in [7, 11) is 0. The first-order valence-corrected chi connectivity index (χ1v) is 7.60. The Morgan fingerprint density at radius 3 is 2.80 bits per heavy atom. The highest BCUT2D eigenvalue weighted by Crippen LogP contribution is 2.34. The van der Waals surface area contributed by atoms with E-state index in [2.05, 4.69) is 6.92 Å². The zero-order valence-electron chi connectivity index (χ0n) is 12.3. The van der Waals surface area contributed by atoms with Crippen LogP contribution in [-0.2, 0) is 11.2 Å². The van der Waals surface area contributed by atoms with Gasteiger partial charge in [0, 0.05) is 12.2 Å². The van der Waals surface area contributed by atoms with Crippen LogP contribution in [-0.4, -0.2) is 25.1 Å². The van der Waals surface area contributed by atoms with Gasteiger partial charge < -0.3 is 9.47 Å². The van der Waals surface area contributed by atoms with Crippen LogP contribution in [0.1, 0.15) is 52.7 Å². The lowest BCUT2D eigenvalue weighted by atomic mass is 9.91. The van der Waals surface area contributed by atoms with Crippen LogP contribution in [0.2, 0.25) is 0 Å². The molecule has 20 heavy (non-hydrogen) atoms. The Balaban J connectivity index is 2.01. The average Bonchev–Trinajstić information content (AvgIpc) is 2.86. The van der Waals surface area contributed by atoms with Crippen molar-refractivity contribution in [1.29, 1.82) is 0 Å². The summed E-state index contributed by atoms with van der Waals surface area (Å²) in [5.41, 5.74) is 4.23. The van der Waals surface area contributed by atoms with E-state index in [-0.39, 0.29) is 11.9 Å². The molecule has 3 heteroatoms. The Morgan fingerprint density at radius 2 is 2.05 bits per heavy atom. The molecule has 1 aromatic carbocycles. The molecule has 1 aromatic rings. The molecule has 1 atom stereocenters. The van der Waals surface area contributed by atoms with Gasteiger partial charge in [-0.05, 0) is 68.7 Å². The van der Waals surface area contributed by atoms with Crippen molar-refractivity contribution in [2.75, 3.05) is 13.2 Å². The number of carbonyl (C=O) groups excluding carboxylic acids is 1. The Morgan fingerprint density at radius 1 is 1.20 bits per heavy atom. The molecule has 0 N–H and O–H groups in total. The summed E-state index contributed by atoms with van der Waals surface area (Å²) in [6.07, 6.45) is 4.83. The summed E-state index contributed by atoms with van der Waals surface area (Å²) in [4.78, 5) is 12.6. The molecule has 0 saturated carbocycles. The SMILES string of the molecule is Cc1cc(C(=O)C2CCCO2)c(C)c2c1OCCCC2. The van der Waals surface area contributed by atoms with Gasteiger partial charge in [-0.1, -0.05) is 0 Å². The summed E-state index contributed by atoms with van der Waals surface area (Å²) in [6.45, 7) is 5.58. The molecule has 3 rings (SSSR count). The van der Waals surface area contributed by atoms with E-state index >= 15 is 0 Å². The lowest BCUT2D eigenvalue weighted by Crippen LogP contribution is -2.21. The predicted octanol–water partition coefficient (Wildman–Crippen LogP) is 3.38. The van der Waals surface area contributed by atoms with Gasteiger partial charge in [0.1, 0.15) is 11.9 Å². The highest BCUT2D eigenvalue weighted by atomic mass is 16.5. The van der Waals surface area contributed by atoms with E-state index in [0.717, 1.165) is 61.2 Å². The number of ketones is 1. The maximum atomic E-state index is 12.6. The molecule has 2 aliphatic rings. The van der Waals surface area contributed by atoms with Crippen molar-refractivity contribution >= 4 is 5.78 Å². The van der Waals surface area contributed by atoms with Crippen LogP contribution in [0, 0.1) is 13.8 Å². The molecular formula is C17H22O3. The zero-order chi connectivity index (χ0) is 14.1. The van der Waals surface area contributed by atoms with Crippen molar-refractivity contribution in [3.05, 3.63) is 28.3 Å². The number of aryl methyl sites for hydroxylation is 1. The van der Waals surface area contributed by atoms with Crippen LogP contribution in [0.3, 0.4) is 0 Å². The average molecular weight is 274 g/mol. The third-order valence-electron chi connectivity index (χ3n) is 4.40. The van der Waals surface area contributed by atoms with Gasteiger partial charge in [0.25, 0.3) is 0 Å². The van der Waals surface area contributed by atoms with Crippen molar-refractivity contribution < 1.29 is 14.3 Å². The summed E-state index contributed by atoms with van der Waals surface area (Å²) in [5, 5.41) is 0. The van der Waals surface area contributed by atoms with Crippen molar-refractivity contribution in [3.63, 3.8) is 0 Å².